The van der Waals surface area contributed by atoms with Crippen molar-refractivity contribution >= 4 is 0 Å². The third kappa shape index (κ3) is 3.21. The van der Waals surface area contributed by atoms with Crippen LogP contribution in [0, 0.1) is 23.2 Å². The van der Waals surface area contributed by atoms with Crippen LogP contribution in [-0.4, -0.2) is 12.1 Å². The highest BCUT2D eigenvalue weighted by Gasteiger charge is 2.32. The monoisotopic (exact) mass is 208 g/mol. The van der Waals surface area contributed by atoms with Gasteiger partial charge in [0.05, 0.1) is 12.5 Å². The van der Waals surface area contributed by atoms with Crippen molar-refractivity contribution in [2.45, 2.75) is 65.0 Å². The molecule has 4 atom stereocenters. The fourth-order valence-electron chi connectivity index (χ4n) is 2.79. The van der Waals surface area contributed by atoms with Gasteiger partial charge in [-0.3, -0.25) is 0 Å². The molecule has 1 saturated carbocycles. The summed E-state index contributed by atoms with van der Waals surface area (Å²) in [6, 6.07) is 3.32. The molecule has 0 amide bonds. The average Bonchev–Trinajstić information content (AvgIpc) is 2.59. The number of hydrogen-bond acceptors (Lipinski definition) is 2. The van der Waals surface area contributed by atoms with Gasteiger partial charge in [0.15, 0.2) is 0 Å². The summed E-state index contributed by atoms with van der Waals surface area (Å²) in [5, 5.41) is 12.4. The van der Waals surface area contributed by atoms with Crippen molar-refractivity contribution in [1.82, 2.24) is 5.32 Å². The Balaban J connectivity index is 2.42. The van der Waals surface area contributed by atoms with Crippen molar-refractivity contribution < 1.29 is 0 Å². The Morgan fingerprint density at radius 2 is 2.13 bits per heavy atom. The van der Waals surface area contributed by atoms with Crippen LogP contribution >= 0.6 is 0 Å². The smallest absolute Gasteiger partial charge is 0.0638 e. The maximum Gasteiger partial charge on any atom is 0.0638 e. The highest BCUT2D eigenvalue weighted by atomic mass is 15.0. The van der Waals surface area contributed by atoms with Crippen LogP contribution in [0.25, 0.3) is 0 Å². The zero-order valence-corrected chi connectivity index (χ0v) is 10.3. The van der Waals surface area contributed by atoms with E-state index >= 15 is 0 Å². The van der Waals surface area contributed by atoms with Crippen molar-refractivity contribution in [2.75, 3.05) is 0 Å². The summed E-state index contributed by atoms with van der Waals surface area (Å²) in [6.07, 6.45) is 5.67. The van der Waals surface area contributed by atoms with E-state index in [1.54, 1.807) is 0 Å². The summed E-state index contributed by atoms with van der Waals surface area (Å²) < 4.78 is 0. The summed E-state index contributed by atoms with van der Waals surface area (Å²) in [6.45, 7) is 6.81. The average molecular weight is 208 g/mol. The van der Waals surface area contributed by atoms with Crippen molar-refractivity contribution in [3.63, 3.8) is 0 Å². The second-order valence-electron chi connectivity index (χ2n) is 4.85. The van der Waals surface area contributed by atoms with E-state index in [2.05, 4.69) is 32.2 Å². The summed E-state index contributed by atoms with van der Waals surface area (Å²) in [5.74, 6) is 1.67. The highest BCUT2D eigenvalue weighted by Crippen LogP contribution is 2.34. The fraction of sp³-hybridized carbons (Fsp3) is 0.923. The number of hydrogen-bond donors (Lipinski definition) is 1. The summed E-state index contributed by atoms with van der Waals surface area (Å²) in [5.41, 5.74) is 0. The van der Waals surface area contributed by atoms with Crippen molar-refractivity contribution in [3.8, 4) is 6.07 Å². The molecule has 15 heavy (non-hydrogen) atoms. The minimum atomic E-state index is 0.401. The van der Waals surface area contributed by atoms with E-state index in [-0.39, 0.29) is 0 Å². The van der Waals surface area contributed by atoms with E-state index in [9.17, 15) is 0 Å². The lowest BCUT2D eigenvalue weighted by Crippen LogP contribution is -2.40. The summed E-state index contributed by atoms with van der Waals surface area (Å²) in [4.78, 5) is 0. The molecule has 1 fully saturated rings. The zero-order valence-electron chi connectivity index (χ0n) is 10.3. The molecule has 0 spiro atoms. The van der Waals surface area contributed by atoms with Gasteiger partial charge in [-0.2, -0.15) is 5.26 Å². The molecule has 1 aliphatic rings. The first kappa shape index (κ1) is 12.5. The van der Waals surface area contributed by atoms with Gasteiger partial charge in [-0.05, 0) is 31.1 Å². The van der Waals surface area contributed by atoms with Gasteiger partial charge in [0, 0.05) is 12.1 Å². The summed E-state index contributed by atoms with van der Waals surface area (Å²) in [7, 11) is 0. The van der Waals surface area contributed by atoms with Gasteiger partial charge in [0.1, 0.15) is 0 Å². The second-order valence-corrected chi connectivity index (χ2v) is 4.85. The number of rotatable bonds is 5. The molecule has 0 bridgehead atoms. The van der Waals surface area contributed by atoms with Gasteiger partial charge >= 0.3 is 0 Å². The largest absolute Gasteiger partial charge is 0.310 e. The number of nitriles is 1. The molecule has 0 aromatic heterocycles. The lowest BCUT2D eigenvalue weighted by Gasteiger charge is -2.25. The van der Waals surface area contributed by atoms with Crippen molar-refractivity contribution in [2.24, 2.45) is 11.8 Å². The molecule has 1 rings (SSSR count). The molecule has 2 nitrogen and oxygen atoms in total. The van der Waals surface area contributed by atoms with E-state index in [0.717, 1.165) is 18.3 Å². The van der Waals surface area contributed by atoms with E-state index in [1.807, 2.05) is 0 Å². The van der Waals surface area contributed by atoms with Crippen LogP contribution in [0.3, 0.4) is 0 Å². The number of nitrogens with zero attached hydrogens (tertiary/aromatic N) is 1. The molecule has 4 unspecified atom stereocenters. The number of nitrogens with one attached hydrogen (secondary N) is 1. The maximum absolute atomic E-state index is 8.72. The molecule has 0 aromatic carbocycles. The van der Waals surface area contributed by atoms with Crippen LogP contribution in [0.4, 0.5) is 0 Å². The molecule has 0 heterocycles. The predicted octanol–water partition coefficient (Wildman–Crippen LogP) is 3.09. The summed E-state index contributed by atoms with van der Waals surface area (Å²) >= 11 is 0. The quantitative estimate of drug-likeness (QED) is 0.753. The van der Waals surface area contributed by atoms with Crippen LogP contribution < -0.4 is 5.32 Å². The molecule has 2 heteroatoms. The predicted molar refractivity (Wildman–Crippen MR) is 63.4 cm³/mol. The first-order valence-corrected chi connectivity index (χ1v) is 6.35. The molecule has 0 saturated heterocycles. The molecule has 1 N–H and O–H groups in total. The van der Waals surface area contributed by atoms with Gasteiger partial charge in [-0.15, -0.1) is 0 Å². The van der Waals surface area contributed by atoms with E-state index in [1.165, 1.54) is 19.3 Å². The SMILES string of the molecule is CCC(CC#N)NC1CCC(CC)C1C. The Bertz CT molecular complexity index is 219. The molecule has 0 radical (unpaired) electrons. The van der Waals surface area contributed by atoms with Crippen LogP contribution in [0.15, 0.2) is 0 Å². The van der Waals surface area contributed by atoms with Crippen molar-refractivity contribution in [1.29, 1.82) is 5.26 Å². The third-order valence-electron chi connectivity index (χ3n) is 4.03. The van der Waals surface area contributed by atoms with Crippen LogP contribution in [0.2, 0.25) is 0 Å². The lowest BCUT2D eigenvalue weighted by atomic mass is 9.93. The Hall–Kier alpha value is -0.550. The minimum Gasteiger partial charge on any atom is -0.310 e. The van der Waals surface area contributed by atoms with Crippen molar-refractivity contribution in [3.05, 3.63) is 0 Å². The second kappa shape index (κ2) is 6.12. The molecule has 1 aliphatic carbocycles. The van der Waals surface area contributed by atoms with Crippen LogP contribution in [0.1, 0.15) is 52.9 Å². The molecule has 86 valence electrons. The van der Waals surface area contributed by atoms with E-state index in [0.29, 0.717) is 18.5 Å². The Kier molecular flexibility index (Phi) is 5.11. The van der Waals surface area contributed by atoms with Gasteiger partial charge < -0.3 is 5.32 Å². The van der Waals surface area contributed by atoms with Crippen LogP contribution in [-0.2, 0) is 0 Å². The van der Waals surface area contributed by atoms with Gasteiger partial charge in [0.2, 0.25) is 0 Å². The van der Waals surface area contributed by atoms with E-state index in [4.69, 9.17) is 5.26 Å². The highest BCUT2D eigenvalue weighted by molar-refractivity contribution is 4.90. The maximum atomic E-state index is 8.72. The Labute approximate surface area is 94.1 Å². The Morgan fingerprint density at radius 3 is 2.60 bits per heavy atom. The first-order chi connectivity index (χ1) is 7.22. The lowest BCUT2D eigenvalue weighted by molar-refractivity contribution is 0.317. The topological polar surface area (TPSA) is 35.8 Å². The minimum absolute atomic E-state index is 0.401. The third-order valence-corrected chi connectivity index (χ3v) is 4.03. The molecule has 0 aliphatic heterocycles. The molecular formula is C13H24N2. The van der Waals surface area contributed by atoms with Crippen LogP contribution in [0.5, 0.6) is 0 Å². The molecule has 0 aromatic rings. The van der Waals surface area contributed by atoms with Gasteiger partial charge in [0.25, 0.3) is 0 Å². The zero-order chi connectivity index (χ0) is 11.3. The standard InChI is InChI=1S/C13H24N2/c1-4-11-6-7-13(10(11)3)15-12(5-2)8-9-14/h10-13,15H,4-8H2,1-3H3. The fourth-order valence-corrected chi connectivity index (χ4v) is 2.79. The normalized spacial score (nSPS) is 32.5. The molecular weight excluding hydrogens is 184 g/mol. The first-order valence-electron chi connectivity index (χ1n) is 6.35. The van der Waals surface area contributed by atoms with E-state index < -0.39 is 0 Å². The van der Waals surface area contributed by atoms with Gasteiger partial charge in [-0.1, -0.05) is 27.2 Å². The Morgan fingerprint density at radius 1 is 1.40 bits per heavy atom. The van der Waals surface area contributed by atoms with Gasteiger partial charge in [-0.25, -0.2) is 0 Å².